The van der Waals surface area contributed by atoms with Gasteiger partial charge in [0.2, 0.25) is 0 Å². The van der Waals surface area contributed by atoms with E-state index in [0.717, 1.165) is 6.42 Å². The van der Waals surface area contributed by atoms with Crippen LogP contribution in [0, 0.1) is 5.41 Å². The summed E-state index contributed by atoms with van der Waals surface area (Å²) >= 11 is 0. The molecular weight excluding hydrogens is 286 g/mol. The summed E-state index contributed by atoms with van der Waals surface area (Å²) in [5.74, 6) is 0.670. The van der Waals surface area contributed by atoms with Crippen LogP contribution in [0.1, 0.15) is 32.1 Å². The molecule has 2 aliphatic carbocycles. The number of sulfone groups is 1. The minimum absolute atomic E-state index is 0.201. The maximum absolute atomic E-state index is 11.6. The Kier molecular flexibility index (Phi) is 3.74. The fourth-order valence-corrected chi connectivity index (χ4v) is 4.62. The Balaban J connectivity index is 1.79. The second-order valence-electron chi connectivity index (χ2n) is 6.37. The van der Waals surface area contributed by atoms with Crippen LogP contribution in [-0.4, -0.2) is 33.9 Å². The van der Waals surface area contributed by atoms with Crippen LogP contribution in [-0.2, 0) is 9.84 Å². The molecule has 0 saturated heterocycles. The van der Waals surface area contributed by atoms with Crippen molar-refractivity contribution in [2.24, 2.45) is 5.41 Å². The van der Waals surface area contributed by atoms with Gasteiger partial charge in [-0.25, -0.2) is 8.42 Å². The third kappa shape index (κ3) is 2.57. The van der Waals surface area contributed by atoms with Crippen LogP contribution >= 0.6 is 0 Å². The molecular formula is C16H23NO3S. The fourth-order valence-electron chi connectivity index (χ4n) is 3.96. The lowest BCUT2D eigenvalue weighted by Crippen LogP contribution is -2.63. The van der Waals surface area contributed by atoms with Gasteiger partial charge in [-0.3, -0.25) is 0 Å². The quantitative estimate of drug-likeness (QED) is 0.928. The fraction of sp³-hybridized carbons (Fsp3) is 0.625. The van der Waals surface area contributed by atoms with E-state index in [1.807, 2.05) is 13.1 Å². The first-order valence-electron chi connectivity index (χ1n) is 7.60. The highest BCUT2D eigenvalue weighted by Gasteiger charge is 2.57. The van der Waals surface area contributed by atoms with Crippen molar-refractivity contribution in [2.75, 3.05) is 13.3 Å². The van der Waals surface area contributed by atoms with Gasteiger partial charge in [0.15, 0.2) is 9.84 Å². The Morgan fingerprint density at radius 3 is 2.62 bits per heavy atom. The van der Waals surface area contributed by atoms with E-state index >= 15 is 0 Å². The van der Waals surface area contributed by atoms with Gasteiger partial charge in [-0.05, 0) is 38.1 Å². The number of ether oxygens (including phenoxy) is 1. The molecule has 1 N–H and O–H groups in total. The molecule has 21 heavy (non-hydrogen) atoms. The largest absolute Gasteiger partial charge is 0.490 e. The highest BCUT2D eigenvalue weighted by molar-refractivity contribution is 7.90. The first-order chi connectivity index (χ1) is 9.95. The molecule has 2 unspecified atom stereocenters. The van der Waals surface area contributed by atoms with E-state index in [1.165, 1.54) is 31.9 Å². The van der Waals surface area contributed by atoms with Crippen LogP contribution in [0.3, 0.4) is 0 Å². The summed E-state index contributed by atoms with van der Waals surface area (Å²) in [7, 11) is -1.17. The Hall–Kier alpha value is -1.07. The minimum Gasteiger partial charge on any atom is -0.490 e. The number of hydrogen-bond donors (Lipinski definition) is 1. The molecule has 0 bridgehead atoms. The monoisotopic (exact) mass is 309 g/mol. The lowest BCUT2D eigenvalue weighted by atomic mass is 9.60. The van der Waals surface area contributed by atoms with Crippen molar-refractivity contribution < 1.29 is 13.2 Å². The van der Waals surface area contributed by atoms with Crippen LogP contribution in [0.25, 0.3) is 0 Å². The lowest BCUT2D eigenvalue weighted by molar-refractivity contribution is -0.0737. The van der Waals surface area contributed by atoms with Crippen LogP contribution < -0.4 is 10.1 Å². The Morgan fingerprint density at radius 1 is 1.29 bits per heavy atom. The van der Waals surface area contributed by atoms with Crippen LogP contribution in [0.2, 0.25) is 0 Å². The average Bonchev–Trinajstić information content (AvgIpc) is 2.95. The molecule has 1 aromatic carbocycles. The highest BCUT2D eigenvalue weighted by Crippen LogP contribution is 2.54. The molecule has 4 nitrogen and oxygen atoms in total. The van der Waals surface area contributed by atoms with Gasteiger partial charge >= 0.3 is 0 Å². The predicted molar refractivity (Wildman–Crippen MR) is 82.3 cm³/mol. The molecule has 0 aromatic heterocycles. The summed E-state index contributed by atoms with van der Waals surface area (Å²) in [6.07, 6.45) is 7.37. The van der Waals surface area contributed by atoms with E-state index in [-0.39, 0.29) is 11.5 Å². The maximum Gasteiger partial charge on any atom is 0.175 e. The Bertz CT molecular complexity index is 620. The smallest absolute Gasteiger partial charge is 0.175 e. The molecule has 0 heterocycles. The molecule has 0 aliphatic heterocycles. The van der Waals surface area contributed by atoms with Crippen molar-refractivity contribution in [1.82, 2.24) is 5.32 Å². The SMILES string of the molecule is CNC1CC(Oc2cccc(S(C)(=O)=O)c2)C12CCCC2. The molecule has 116 valence electrons. The van der Waals surface area contributed by atoms with E-state index in [9.17, 15) is 8.42 Å². The molecule has 2 aliphatic rings. The summed E-state index contributed by atoms with van der Waals surface area (Å²) in [6, 6.07) is 7.39. The number of benzene rings is 1. The van der Waals surface area contributed by atoms with Gasteiger partial charge in [0.1, 0.15) is 11.9 Å². The molecule has 5 heteroatoms. The standard InChI is InChI=1S/C16H23NO3S/c1-17-14-11-15(16(14)8-3-4-9-16)20-12-6-5-7-13(10-12)21(2,18)19/h5-7,10,14-15,17H,3-4,8-9,11H2,1-2H3. The zero-order valence-corrected chi connectivity index (χ0v) is 13.4. The molecule has 1 aromatic rings. The summed E-state index contributed by atoms with van der Waals surface area (Å²) in [4.78, 5) is 0.324. The summed E-state index contributed by atoms with van der Waals surface area (Å²) < 4.78 is 29.4. The van der Waals surface area contributed by atoms with Gasteiger partial charge < -0.3 is 10.1 Å². The zero-order valence-electron chi connectivity index (χ0n) is 12.6. The minimum atomic E-state index is -3.19. The van der Waals surface area contributed by atoms with Gasteiger partial charge in [-0.15, -0.1) is 0 Å². The average molecular weight is 309 g/mol. The number of hydrogen-bond acceptors (Lipinski definition) is 4. The first-order valence-corrected chi connectivity index (χ1v) is 9.49. The highest BCUT2D eigenvalue weighted by atomic mass is 32.2. The molecule has 0 radical (unpaired) electrons. The molecule has 2 fully saturated rings. The summed E-state index contributed by atoms with van der Waals surface area (Å²) in [5.41, 5.74) is 0.246. The van der Waals surface area contributed by atoms with Crippen molar-refractivity contribution in [2.45, 2.75) is 49.1 Å². The van der Waals surface area contributed by atoms with Crippen LogP contribution in [0.15, 0.2) is 29.2 Å². The van der Waals surface area contributed by atoms with Gasteiger partial charge in [-0.1, -0.05) is 18.9 Å². The molecule has 2 atom stereocenters. The van der Waals surface area contributed by atoms with E-state index in [4.69, 9.17) is 4.74 Å². The second kappa shape index (κ2) is 5.29. The molecule has 2 saturated carbocycles. The van der Waals surface area contributed by atoms with E-state index in [1.54, 1.807) is 18.2 Å². The zero-order chi connectivity index (χ0) is 15.1. The van der Waals surface area contributed by atoms with E-state index in [2.05, 4.69) is 5.32 Å². The normalized spacial score (nSPS) is 27.5. The van der Waals surface area contributed by atoms with Gasteiger partial charge in [-0.2, -0.15) is 0 Å². The second-order valence-corrected chi connectivity index (χ2v) is 8.39. The van der Waals surface area contributed by atoms with Crippen LogP contribution in [0.4, 0.5) is 0 Å². The summed E-state index contributed by atoms with van der Waals surface area (Å²) in [5, 5.41) is 3.41. The third-order valence-electron chi connectivity index (χ3n) is 5.18. The van der Waals surface area contributed by atoms with Crippen LogP contribution in [0.5, 0.6) is 5.75 Å². The maximum atomic E-state index is 11.6. The van der Waals surface area contributed by atoms with Gasteiger partial charge in [0, 0.05) is 24.1 Å². The first kappa shape index (κ1) is 14.9. The third-order valence-corrected chi connectivity index (χ3v) is 6.29. The van der Waals surface area contributed by atoms with E-state index < -0.39 is 9.84 Å². The predicted octanol–water partition coefficient (Wildman–Crippen LogP) is 2.39. The van der Waals surface area contributed by atoms with Crippen molar-refractivity contribution in [3.8, 4) is 5.75 Å². The van der Waals surface area contributed by atoms with Crippen molar-refractivity contribution in [3.63, 3.8) is 0 Å². The van der Waals surface area contributed by atoms with Crippen molar-refractivity contribution in [3.05, 3.63) is 24.3 Å². The summed E-state index contributed by atoms with van der Waals surface area (Å²) in [6.45, 7) is 0. The topological polar surface area (TPSA) is 55.4 Å². The van der Waals surface area contributed by atoms with E-state index in [0.29, 0.717) is 16.7 Å². The molecule has 1 spiro atoms. The Morgan fingerprint density at radius 2 is 2.00 bits per heavy atom. The lowest BCUT2D eigenvalue weighted by Gasteiger charge is -2.53. The number of rotatable bonds is 4. The van der Waals surface area contributed by atoms with Crippen molar-refractivity contribution in [1.29, 1.82) is 0 Å². The van der Waals surface area contributed by atoms with Gasteiger partial charge in [0.05, 0.1) is 4.90 Å². The molecule has 3 rings (SSSR count). The van der Waals surface area contributed by atoms with Gasteiger partial charge in [0.25, 0.3) is 0 Å². The Labute approximate surface area is 126 Å². The molecule has 0 amide bonds. The van der Waals surface area contributed by atoms with Crippen molar-refractivity contribution >= 4 is 9.84 Å². The number of nitrogens with one attached hydrogen (secondary N) is 1.